The van der Waals surface area contributed by atoms with Crippen LogP contribution in [0.15, 0.2) is 48.5 Å². The zero-order valence-corrected chi connectivity index (χ0v) is 18.3. The van der Waals surface area contributed by atoms with Gasteiger partial charge >= 0.3 is 0 Å². The Morgan fingerprint density at radius 3 is 2.58 bits per heavy atom. The lowest BCUT2D eigenvalue weighted by molar-refractivity contribution is 0.638. The van der Waals surface area contributed by atoms with Crippen LogP contribution in [0.2, 0.25) is 0 Å². The summed E-state index contributed by atoms with van der Waals surface area (Å²) in [6.07, 6.45) is 5.97. The smallest absolute Gasteiger partial charge is 0.152 e. The normalized spacial score (nSPS) is 14.0. The van der Waals surface area contributed by atoms with Crippen LogP contribution in [0.4, 0.5) is 5.82 Å². The number of aromatic nitrogens is 3. The monoisotopic (exact) mass is 413 g/mol. The topological polar surface area (TPSA) is 68.8 Å². The SMILES string of the molecule is CCCCc1nc2c(N)nc3ccccc3c2n1Cc1ccc(CNCC2CC2)cc1. The number of unbranched alkanes of at least 4 members (excludes halogenated alkanes) is 1. The fourth-order valence-electron chi connectivity index (χ4n) is 4.29. The van der Waals surface area contributed by atoms with E-state index >= 15 is 0 Å². The van der Waals surface area contributed by atoms with Crippen molar-refractivity contribution >= 4 is 27.8 Å². The van der Waals surface area contributed by atoms with Crippen LogP contribution in [-0.2, 0) is 19.5 Å². The number of fused-ring (bicyclic) bond motifs is 3. The number of hydrogen-bond acceptors (Lipinski definition) is 4. The standard InChI is InChI=1S/C26H31N5/c1-2-3-8-23-30-24-25(21-6-4-5-7-22(21)29-26(24)27)31(23)17-20-13-11-19(12-14-20)16-28-15-18-9-10-18/h4-7,11-14,18,28H,2-3,8-10,15-17H2,1H3,(H2,27,29). The van der Waals surface area contributed by atoms with Crippen molar-refractivity contribution in [2.75, 3.05) is 12.3 Å². The van der Waals surface area contributed by atoms with Gasteiger partial charge in [0.15, 0.2) is 5.82 Å². The molecule has 1 saturated carbocycles. The Bertz CT molecular complexity index is 1190. The number of para-hydroxylation sites is 1. The van der Waals surface area contributed by atoms with E-state index in [2.05, 4.69) is 58.2 Å². The molecule has 0 bridgehead atoms. The molecule has 5 nitrogen and oxygen atoms in total. The van der Waals surface area contributed by atoms with Crippen molar-refractivity contribution in [1.82, 2.24) is 19.9 Å². The van der Waals surface area contributed by atoms with Crippen molar-refractivity contribution in [3.63, 3.8) is 0 Å². The summed E-state index contributed by atoms with van der Waals surface area (Å²) in [6.45, 7) is 5.10. The van der Waals surface area contributed by atoms with E-state index in [0.717, 1.165) is 72.6 Å². The first-order valence-electron chi connectivity index (χ1n) is 11.5. The lowest BCUT2D eigenvalue weighted by Crippen LogP contribution is -2.16. The fourth-order valence-corrected chi connectivity index (χ4v) is 4.29. The average Bonchev–Trinajstić information content (AvgIpc) is 3.54. The quantitative estimate of drug-likeness (QED) is 0.402. The maximum absolute atomic E-state index is 6.32. The molecule has 2 aromatic heterocycles. The summed E-state index contributed by atoms with van der Waals surface area (Å²) in [6, 6.07) is 17.2. The Balaban J connectivity index is 1.48. The van der Waals surface area contributed by atoms with E-state index in [1.807, 2.05) is 12.1 Å². The van der Waals surface area contributed by atoms with Crippen LogP contribution in [0.1, 0.15) is 49.6 Å². The molecule has 0 amide bonds. The Morgan fingerprint density at radius 2 is 1.81 bits per heavy atom. The maximum atomic E-state index is 6.32. The Morgan fingerprint density at radius 1 is 1.03 bits per heavy atom. The van der Waals surface area contributed by atoms with E-state index < -0.39 is 0 Å². The Hall–Kier alpha value is -2.92. The van der Waals surface area contributed by atoms with Crippen molar-refractivity contribution < 1.29 is 0 Å². The van der Waals surface area contributed by atoms with Crippen LogP contribution in [0, 0.1) is 5.92 Å². The summed E-state index contributed by atoms with van der Waals surface area (Å²) >= 11 is 0. The van der Waals surface area contributed by atoms with Gasteiger partial charge in [-0.25, -0.2) is 9.97 Å². The maximum Gasteiger partial charge on any atom is 0.152 e. The average molecular weight is 414 g/mol. The van der Waals surface area contributed by atoms with Crippen LogP contribution in [0.5, 0.6) is 0 Å². The van der Waals surface area contributed by atoms with Gasteiger partial charge in [-0.2, -0.15) is 0 Å². The highest BCUT2D eigenvalue weighted by molar-refractivity contribution is 6.06. The minimum atomic E-state index is 0.516. The molecule has 2 aromatic carbocycles. The minimum absolute atomic E-state index is 0.516. The predicted octanol–water partition coefficient (Wildman–Crippen LogP) is 5.06. The predicted molar refractivity (Wildman–Crippen MR) is 128 cm³/mol. The first-order chi connectivity index (χ1) is 15.2. The molecule has 0 saturated heterocycles. The van der Waals surface area contributed by atoms with Crippen molar-refractivity contribution in [2.24, 2.45) is 5.92 Å². The third kappa shape index (κ3) is 4.28. The molecule has 0 radical (unpaired) electrons. The van der Waals surface area contributed by atoms with Gasteiger partial charge in [0.05, 0.1) is 11.0 Å². The van der Waals surface area contributed by atoms with Crippen LogP contribution >= 0.6 is 0 Å². The van der Waals surface area contributed by atoms with Gasteiger partial charge in [-0.15, -0.1) is 0 Å². The van der Waals surface area contributed by atoms with Crippen molar-refractivity contribution in [2.45, 2.75) is 52.1 Å². The molecule has 1 aliphatic carbocycles. The molecule has 31 heavy (non-hydrogen) atoms. The van der Waals surface area contributed by atoms with Crippen molar-refractivity contribution in [3.05, 3.63) is 65.5 Å². The first kappa shape index (κ1) is 20.0. The van der Waals surface area contributed by atoms with E-state index in [0.29, 0.717) is 5.82 Å². The Kier molecular flexibility index (Phi) is 5.60. The molecule has 5 rings (SSSR count). The van der Waals surface area contributed by atoms with Gasteiger partial charge in [0, 0.05) is 24.9 Å². The highest BCUT2D eigenvalue weighted by atomic mass is 15.1. The molecule has 160 valence electrons. The highest BCUT2D eigenvalue weighted by Gasteiger charge is 2.20. The molecule has 4 aromatic rings. The number of benzene rings is 2. The zero-order chi connectivity index (χ0) is 21.2. The van der Waals surface area contributed by atoms with Gasteiger partial charge in [-0.05, 0) is 48.9 Å². The van der Waals surface area contributed by atoms with E-state index in [4.69, 9.17) is 10.7 Å². The number of rotatable bonds is 9. The molecular weight excluding hydrogens is 382 g/mol. The first-order valence-corrected chi connectivity index (χ1v) is 11.5. The van der Waals surface area contributed by atoms with E-state index in [-0.39, 0.29) is 0 Å². The second kappa shape index (κ2) is 8.67. The van der Waals surface area contributed by atoms with Crippen LogP contribution in [0.3, 0.4) is 0 Å². The number of nitrogens with one attached hydrogen (secondary N) is 1. The van der Waals surface area contributed by atoms with Gasteiger partial charge in [0.2, 0.25) is 0 Å². The summed E-state index contributed by atoms with van der Waals surface area (Å²) in [4.78, 5) is 9.54. The highest BCUT2D eigenvalue weighted by Crippen LogP contribution is 2.30. The fraction of sp³-hybridized carbons (Fsp3) is 0.385. The number of aryl methyl sites for hydroxylation is 1. The summed E-state index contributed by atoms with van der Waals surface area (Å²) in [5, 5.41) is 4.69. The number of pyridine rings is 1. The third-order valence-corrected chi connectivity index (χ3v) is 6.27. The van der Waals surface area contributed by atoms with E-state index in [9.17, 15) is 0 Å². The van der Waals surface area contributed by atoms with Crippen LogP contribution in [0.25, 0.3) is 21.9 Å². The minimum Gasteiger partial charge on any atom is -0.382 e. The summed E-state index contributed by atoms with van der Waals surface area (Å²) in [5.41, 5.74) is 11.8. The molecule has 1 fully saturated rings. The third-order valence-electron chi connectivity index (χ3n) is 6.27. The number of nitrogens with zero attached hydrogens (tertiary/aromatic N) is 3. The molecule has 0 unspecified atom stereocenters. The molecule has 5 heteroatoms. The number of hydrogen-bond donors (Lipinski definition) is 2. The molecule has 1 aliphatic rings. The van der Waals surface area contributed by atoms with Gasteiger partial charge in [-0.3, -0.25) is 0 Å². The van der Waals surface area contributed by atoms with Gasteiger partial charge in [-0.1, -0.05) is 55.8 Å². The number of anilines is 1. The van der Waals surface area contributed by atoms with E-state index in [1.165, 1.54) is 24.0 Å². The molecule has 0 atom stereocenters. The zero-order valence-electron chi connectivity index (χ0n) is 18.3. The summed E-state index contributed by atoms with van der Waals surface area (Å²) in [7, 11) is 0. The van der Waals surface area contributed by atoms with Gasteiger partial charge in [0.1, 0.15) is 11.3 Å². The molecule has 0 aliphatic heterocycles. The van der Waals surface area contributed by atoms with Crippen LogP contribution in [-0.4, -0.2) is 21.1 Å². The molecule has 3 N–H and O–H groups in total. The molecule has 2 heterocycles. The van der Waals surface area contributed by atoms with Crippen LogP contribution < -0.4 is 11.1 Å². The lowest BCUT2D eigenvalue weighted by atomic mass is 10.1. The second-order valence-corrected chi connectivity index (χ2v) is 8.82. The largest absolute Gasteiger partial charge is 0.382 e. The summed E-state index contributed by atoms with van der Waals surface area (Å²) in [5.74, 6) is 2.52. The lowest BCUT2D eigenvalue weighted by Gasteiger charge is -2.12. The van der Waals surface area contributed by atoms with Crippen molar-refractivity contribution in [3.8, 4) is 0 Å². The number of nitrogens with two attached hydrogens (primary N) is 1. The molecule has 0 spiro atoms. The molecular formula is C26H31N5. The summed E-state index contributed by atoms with van der Waals surface area (Å²) < 4.78 is 2.35. The van der Waals surface area contributed by atoms with Gasteiger partial charge in [0.25, 0.3) is 0 Å². The Labute approximate surface area is 183 Å². The van der Waals surface area contributed by atoms with E-state index in [1.54, 1.807) is 0 Å². The van der Waals surface area contributed by atoms with Crippen molar-refractivity contribution in [1.29, 1.82) is 0 Å². The number of nitrogen functional groups attached to an aromatic ring is 1. The second-order valence-electron chi connectivity index (χ2n) is 8.82. The number of imidazole rings is 1. The van der Waals surface area contributed by atoms with Gasteiger partial charge < -0.3 is 15.6 Å².